The molecule has 0 fully saturated rings. The van der Waals surface area contributed by atoms with Crippen LogP contribution in [0.4, 0.5) is 5.69 Å². The lowest BCUT2D eigenvalue weighted by Crippen LogP contribution is -2.07. The molecule has 1 N–H and O–H groups in total. The van der Waals surface area contributed by atoms with E-state index in [1.54, 1.807) is 6.92 Å². The second kappa shape index (κ2) is 7.65. The summed E-state index contributed by atoms with van der Waals surface area (Å²) in [5.41, 5.74) is 2.96. The van der Waals surface area contributed by atoms with Gasteiger partial charge in [-0.05, 0) is 30.2 Å². The van der Waals surface area contributed by atoms with Gasteiger partial charge in [-0.2, -0.15) is 5.26 Å². The lowest BCUT2D eigenvalue weighted by molar-refractivity contribution is -0.138. The van der Waals surface area contributed by atoms with Crippen molar-refractivity contribution < 1.29 is 9.53 Å². The van der Waals surface area contributed by atoms with E-state index in [-0.39, 0.29) is 12.2 Å². The van der Waals surface area contributed by atoms with Crippen LogP contribution >= 0.6 is 0 Å². The third-order valence-corrected chi connectivity index (χ3v) is 2.99. The number of carbonyl (C=O) groups excluding carboxylic acids is 1. The van der Waals surface area contributed by atoms with Gasteiger partial charge in [0.05, 0.1) is 6.61 Å². The number of esters is 1. The summed E-state index contributed by atoms with van der Waals surface area (Å²) in [4.78, 5) is 11.5. The Balaban J connectivity index is 2.08. The quantitative estimate of drug-likeness (QED) is 0.518. The van der Waals surface area contributed by atoms with Crippen LogP contribution in [0.1, 0.15) is 6.92 Å². The molecular weight excluding hydrogens is 276 g/mol. The highest BCUT2D eigenvalue weighted by atomic mass is 16.5. The summed E-state index contributed by atoms with van der Waals surface area (Å²) in [6.45, 7) is 1.94. The molecule has 0 radical (unpaired) electrons. The van der Waals surface area contributed by atoms with Gasteiger partial charge in [0.15, 0.2) is 5.57 Å². The minimum Gasteiger partial charge on any atom is -0.462 e. The predicted molar refractivity (Wildman–Crippen MR) is 85.8 cm³/mol. The number of nitrogens with one attached hydrogen (secondary N) is 1. The number of benzene rings is 2. The Morgan fingerprint density at radius 1 is 1.14 bits per heavy atom. The first-order chi connectivity index (χ1) is 10.7. The molecule has 110 valence electrons. The Hall–Kier alpha value is -3.06. The Morgan fingerprint density at radius 3 is 2.36 bits per heavy atom. The van der Waals surface area contributed by atoms with Gasteiger partial charge in [0.25, 0.3) is 0 Å². The molecule has 2 aromatic rings. The van der Waals surface area contributed by atoms with Gasteiger partial charge in [0, 0.05) is 11.9 Å². The van der Waals surface area contributed by atoms with Crippen LogP contribution < -0.4 is 5.32 Å². The maximum absolute atomic E-state index is 11.5. The van der Waals surface area contributed by atoms with Gasteiger partial charge >= 0.3 is 5.97 Å². The predicted octanol–water partition coefficient (Wildman–Crippen LogP) is 3.74. The largest absolute Gasteiger partial charge is 0.462 e. The summed E-state index contributed by atoms with van der Waals surface area (Å²) in [5, 5.41) is 11.9. The van der Waals surface area contributed by atoms with E-state index in [1.807, 2.05) is 60.7 Å². The molecule has 0 saturated carbocycles. The first kappa shape index (κ1) is 15.3. The Kier molecular flexibility index (Phi) is 5.33. The fourth-order valence-corrected chi connectivity index (χ4v) is 1.89. The van der Waals surface area contributed by atoms with Crippen molar-refractivity contribution in [3.63, 3.8) is 0 Å². The second-order valence-corrected chi connectivity index (χ2v) is 4.48. The first-order valence-corrected chi connectivity index (χ1v) is 6.94. The third kappa shape index (κ3) is 3.97. The first-order valence-electron chi connectivity index (χ1n) is 6.94. The molecule has 0 bridgehead atoms. The molecule has 0 amide bonds. The molecule has 2 rings (SSSR count). The summed E-state index contributed by atoms with van der Waals surface area (Å²) in [5.74, 6) is -0.626. The average molecular weight is 292 g/mol. The summed E-state index contributed by atoms with van der Waals surface area (Å²) in [6, 6.07) is 19.6. The SMILES string of the molecule is CCOC(=O)C(C#N)=CNc1ccc(-c2ccccc2)cc1. The number of anilines is 1. The van der Waals surface area contributed by atoms with Crippen molar-refractivity contribution >= 4 is 11.7 Å². The Morgan fingerprint density at radius 2 is 1.77 bits per heavy atom. The molecule has 0 aliphatic carbocycles. The number of hydrogen-bond donors (Lipinski definition) is 1. The normalized spacial score (nSPS) is 10.6. The van der Waals surface area contributed by atoms with E-state index in [0.717, 1.165) is 16.8 Å². The molecule has 4 heteroatoms. The zero-order valence-electron chi connectivity index (χ0n) is 12.2. The molecular formula is C18H16N2O2. The maximum atomic E-state index is 11.5. The van der Waals surface area contributed by atoms with Crippen LogP contribution in [-0.2, 0) is 9.53 Å². The lowest BCUT2D eigenvalue weighted by Gasteiger charge is -2.05. The monoisotopic (exact) mass is 292 g/mol. The fraction of sp³-hybridized carbons (Fsp3) is 0.111. The summed E-state index contributed by atoms with van der Waals surface area (Å²) < 4.78 is 4.79. The molecule has 0 aliphatic heterocycles. The van der Waals surface area contributed by atoms with Crippen molar-refractivity contribution in [2.24, 2.45) is 0 Å². The minimum atomic E-state index is -0.626. The van der Waals surface area contributed by atoms with E-state index in [4.69, 9.17) is 10.00 Å². The van der Waals surface area contributed by atoms with E-state index in [0.29, 0.717) is 0 Å². The van der Waals surface area contributed by atoms with Gasteiger partial charge in [0.1, 0.15) is 6.07 Å². The van der Waals surface area contributed by atoms with Crippen molar-refractivity contribution in [1.82, 2.24) is 0 Å². The van der Waals surface area contributed by atoms with Crippen molar-refractivity contribution in [2.75, 3.05) is 11.9 Å². The molecule has 0 spiro atoms. The number of ether oxygens (including phenoxy) is 1. The van der Waals surface area contributed by atoms with Crippen molar-refractivity contribution in [1.29, 1.82) is 5.26 Å². The van der Waals surface area contributed by atoms with Crippen LogP contribution in [0.15, 0.2) is 66.4 Å². The van der Waals surface area contributed by atoms with Gasteiger partial charge < -0.3 is 10.1 Å². The van der Waals surface area contributed by atoms with Crippen LogP contribution in [0.5, 0.6) is 0 Å². The zero-order valence-corrected chi connectivity index (χ0v) is 12.2. The zero-order chi connectivity index (χ0) is 15.8. The highest BCUT2D eigenvalue weighted by Crippen LogP contribution is 2.21. The summed E-state index contributed by atoms with van der Waals surface area (Å²) >= 11 is 0. The molecule has 0 saturated heterocycles. The van der Waals surface area contributed by atoms with E-state index in [2.05, 4.69) is 5.32 Å². The highest BCUT2D eigenvalue weighted by Gasteiger charge is 2.08. The van der Waals surface area contributed by atoms with E-state index >= 15 is 0 Å². The molecule has 0 unspecified atom stereocenters. The molecule has 0 atom stereocenters. The topological polar surface area (TPSA) is 62.1 Å². The number of carbonyl (C=O) groups is 1. The number of rotatable bonds is 5. The standard InChI is InChI=1S/C18H16N2O2/c1-2-22-18(21)16(12-19)13-20-17-10-8-15(9-11-17)14-6-4-3-5-7-14/h3-11,13,20H,2H2,1H3. The lowest BCUT2D eigenvalue weighted by atomic mass is 10.1. The molecule has 0 aliphatic rings. The van der Waals surface area contributed by atoms with Gasteiger partial charge in [-0.15, -0.1) is 0 Å². The van der Waals surface area contributed by atoms with Crippen LogP contribution in [0, 0.1) is 11.3 Å². The van der Waals surface area contributed by atoms with Crippen LogP contribution in [0.3, 0.4) is 0 Å². The van der Waals surface area contributed by atoms with E-state index < -0.39 is 5.97 Å². The highest BCUT2D eigenvalue weighted by molar-refractivity contribution is 5.93. The van der Waals surface area contributed by atoms with Crippen molar-refractivity contribution in [2.45, 2.75) is 6.92 Å². The van der Waals surface area contributed by atoms with Crippen molar-refractivity contribution in [3.8, 4) is 17.2 Å². The fourth-order valence-electron chi connectivity index (χ4n) is 1.89. The number of hydrogen-bond acceptors (Lipinski definition) is 4. The molecule has 22 heavy (non-hydrogen) atoms. The minimum absolute atomic E-state index is 0.0611. The molecule has 2 aromatic carbocycles. The number of nitrogens with zero attached hydrogens (tertiary/aromatic N) is 1. The van der Waals surface area contributed by atoms with Gasteiger partial charge in [0.2, 0.25) is 0 Å². The molecule has 0 aromatic heterocycles. The third-order valence-electron chi connectivity index (χ3n) is 2.99. The van der Waals surface area contributed by atoms with Crippen LogP contribution in [0.25, 0.3) is 11.1 Å². The van der Waals surface area contributed by atoms with Crippen molar-refractivity contribution in [3.05, 3.63) is 66.4 Å². The summed E-state index contributed by atoms with van der Waals surface area (Å²) in [7, 11) is 0. The number of nitriles is 1. The van der Waals surface area contributed by atoms with Gasteiger partial charge in [-0.1, -0.05) is 42.5 Å². The average Bonchev–Trinajstić information content (AvgIpc) is 2.57. The van der Waals surface area contributed by atoms with E-state index in [9.17, 15) is 4.79 Å². The van der Waals surface area contributed by atoms with E-state index in [1.165, 1.54) is 6.20 Å². The van der Waals surface area contributed by atoms with Crippen LogP contribution in [0.2, 0.25) is 0 Å². The van der Waals surface area contributed by atoms with Gasteiger partial charge in [-0.3, -0.25) is 0 Å². The summed E-state index contributed by atoms with van der Waals surface area (Å²) in [6.07, 6.45) is 1.36. The Bertz CT molecular complexity index is 698. The van der Waals surface area contributed by atoms with Crippen LogP contribution in [-0.4, -0.2) is 12.6 Å². The maximum Gasteiger partial charge on any atom is 0.350 e. The van der Waals surface area contributed by atoms with Gasteiger partial charge in [-0.25, -0.2) is 4.79 Å². The Labute approximate surface area is 129 Å². The molecule has 0 heterocycles. The smallest absolute Gasteiger partial charge is 0.350 e. The second-order valence-electron chi connectivity index (χ2n) is 4.48. The molecule has 4 nitrogen and oxygen atoms in total.